The van der Waals surface area contributed by atoms with E-state index in [1.54, 1.807) is 36.4 Å². The smallest absolute Gasteiger partial charge is 0.335 e. The second-order valence-corrected chi connectivity index (χ2v) is 6.00. The first kappa shape index (κ1) is 18.9. The predicted molar refractivity (Wildman–Crippen MR) is 106 cm³/mol. The Kier molecular flexibility index (Phi) is 5.56. The van der Waals surface area contributed by atoms with Gasteiger partial charge in [-0.1, -0.05) is 43.2 Å². The SMILES string of the molecule is C#CCOc1ccc(/C=C2/C(=O)NC(=O)N(c3ccccc3CC)C2=O)cc1. The topological polar surface area (TPSA) is 75.7 Å². The Labute approximate surface area is 162 Å². The third kappa shape index (κ3) is 3.79. The van der Waals surface area contributed by atoms with E-state index in [4.69, 9.17) is 11.2 Å². The highest BCUT2D eigenvalue weighted by atomic mass is 16.5. The van der Waals surface area contributed by atoms with Crippen molar-refractivity contribution in [2.75, 3.05) is 11.5 Å². The third-order valence-electron chi connectivity index (χ3n) is 4.23. The third-order valence-corrected chi connectivity index (χ3v) is 4.23. The molecule has 2 aromatic rings. The second-order valence-electron chi connectivity index (χ2n) is 6.00. The first-order valence-electron chi connectivity index (χ1n) is 8.70. The van der Waals surface area contributed by atoms with Gasteiger partial charge in [-0.25, -0.2) is 9.69 Å². The molecule has 0 saturated carbocycles. The van der Waals surface area contributed by atoms with Crippen LogP contribution in [0.1, 0.15) is 18.1 Å². The van der Waals surface area contributed by atoms with Crippen LogP contribution < -0.4 is 15.0 Å². The van der Waals surface area contributed by atoms with Crippen molar-refractivity contribution in [1.82, 2.24) is 5.32 Å². The number of para-hydroxylation sites is 1. The molecule has 1 fully saturated rings. The quantitative estimate of drug-likeness (QED) is 0.496. The Morgan fingerprint density at radius 2 is 1.82 bits per heavy atom. The van der Waals surface area contributed by atoms with Gasteiger partial charge in [0.15, 0.2) is 0 Å². The van der Waals surface area contributed by atoms with Gasteiger partial charge in [0.05, 0.1) is 5.69 Å². The number of ether oxygens (including phenoxy) is 1. The number of carbonyl (C=O) groups excluding carboxylic acids is 3. The summed E-state index contributed by atoms with van der Waals surface area (Å²) in [5, 5.41) is 2.23. The van der Waals surface area contributed by atoms with Gasteiger partial charge in [0.1, 0.15) is 17.9 Å². The summed E-state index contributed by atoms with van der Waals surface area (Å²) < 4.78 is 5.30. The van der Waals surface area contributed by atoms with Crippen LogP contribution in [0, 0.1) is 12.3 Å². The van der Waals surface area contributed by atoms with Crippen molar-refractivity contribution in [3.63, 3.8) is 0 Å². The number of nitrogens with one attached hydrogen (secondary N) is 1. The number of amides is 4. The summed E-state index contributed by atoms with van der Waals surface area (Å²) in [6.45, 7) is 2.08. The van der Waals surface area contributed by atoms with E-state index in [1.807, 2.05) is 19.1 Å². The lowest BCUT2D eigenvalue weighted by Gasteiger charge is -2.27. The van der Waals surface area contributed by atoms with Gasteiger partial charge in [0, 0.05) is 0 Å². The maximum absolute atomic E-state index is 13.0. The largest absolute Gasteiger partial charge is 0.481 e. The van der Waals surface area contributed by atoms with Crippen LogP contribution in [0.5, 0.6) is 5.75 Å². The number of nitrogens with zero attached hydrogens (tertiary/aromatic N) is 1. The van der Waals surface area contributed by atoms with Crippen LogP contribution in [0.3, 0.4) is 0 Å². The number of hydrogen-bond acceptors (Lipinski definition) is 4. The van der Waals surface area contributed by atoms with Crippen molar-refractivity contribution in [2.24, 2.45) is 0 Å². The summed E-state index contributed by atoms with van der Waals surface area (Å²) in [5.41, 5.74) is 1.78. The van der Waals surface area contributed by atoms with Gasteiger partial charge >= 0.3 is 6.03 Å². The Morgan fingerprint density at radius 3 is 2.50 bits per heavy atom. The van der Waals surface area contributed by atoms with Crippen LogP contribution in [0.15, 0.2) is 54.1 Å². The molecule has 0 aliphatic carbocycles. The monoisotopic (exact) mass is 374 g/mol. The van der Waals surface area contributed by atoms with E-state index in [2.05, 4.69) is 11.2 Å². The van der Waals surface area contributed by atoms with E-state index >= 15 is 0 Å². The summed E-state index contributed by atoms with van der Waals surface area (Å²) in [6, 6.07) is 13.1. The van der Waals surface area contributed by atoms with E-state index in [-0.39, 0.29) is 12.2 Å². The number of hydrogen-bond donors (Lipinski definition) is 1. The molecule has 1 heterocycles. The first-order chi connectivity index (χ1) is 13.5. The molecule has 0 spiro atoms. The molecule has 1 saturated heterocycles. The van der Waals surface area contributed by atoms with Crippen LogP contribution in [0.2, 0.25) is 0 Å². The van der Waals surface area contributed by atoms with Crippen LogP contribution in [-0.4, -0.2) is 24.5 Å². The summed E-state index contributed by atoms with van der Waals surface area (Å²) in [4.78, 5) is 38.6. The summed E-state index contributed by atoms with van der Waals surface area (Å²) in [7, 11) is 0. The first-order valence-corrected chi connectivity index (χ1v) is 8.70. The Hall–Kier alpha value is -3.85. The molecule has 2 aromatic carbocycles. The molecule has 0 radical (unpaired) electrons. The molecule has 0 aromatic heterocycles. The fraction of sp³-hybridized carbons (Fsp3) is 0.136. The molecule has 1 aliphatic heterocycles. The van der Waals surface area contributed by atoms with Gasteiger partial charge in [-0.05, 0) is 41.8 Å². The molecule has 6 heteroatoms. The fourth-order valence-corrected chi connectivity index (χ4v) is 2.86. The predicted octanol–water partition coefficient (Wildman–Crippen LogP) is 2.93. The van der Waals surface area contributed by atoms with E-state index in [1.165, 1.54) is 6.08 Å². The number of anilines is 1. The highest BCUT2D eigenvalue weighted by molar-refractivity contribution is 6.39. The van der Waals surface area contributed by atoms with Gasteiger partial charge in [0.25, 0.3) is 11.8 Å². The molecule has 140 valence electrons. The van der Waals surface area contributed by atoms with Crippen LogP contribution in [0.25, 0.3) is 6.08 Å². The minimum absolute atomic E-state index is 0.122. The minimum Gasteiger partial charge on any atom is -0.481 e. The standard InChI is InChI=1S/C22H18N2O4/c1-3-13-28-17-11-9-15(10-12-17)14-18-20(25)23-22(27)24(21(18)26)19-8-6-5-7-16(19)4-2/h1,5-12,14H,4,13H2,2H3,(H,23,25,27)/b18-14-. The molecular formula is C22H18N2O4. The molecule has 28 heavy (non-hydrogen) atoms. The van der Waals surface area contributed by atoms with Gasteiger partial charge < -0.3 is 4.74 Å². The molecule has 1 aliphatic rings. The molecule has 0 atom stereocenters. The van der Waals surface area contributed by atoms with Gasteiger partial charge in [-0.15, -0.1) is 6.42 Å². The zero-order chi connectivity index (χ0) is 20.1. The number of terminal acetylenes is 1. The lowest BCUT2D eigenvalue weighted by atomic mass is 10.0. The van der Waals surface area contributed by atoms with E-state index in [0.717, 1.165) is 10.5 Å². The highest BCUT2D eigenvalue weighted by Gasteiger charge is 2.37. The summed E-state index contributed by atoms with van der Waals surface area (Å²) in [6.07, 6.45) is 7.23. The Bertz CT molecular complexity index is 1000. The molecule has 0 unspecified atom stereocenters. The number of barbiturate groups is 1. The number of benzene rings is 2. The molecule has 1 N–H and O–H groups in total. The van der Waals surface area contributed by atoms with Crippen molar-refractivity contribution < 1.29 is 19.1 Å². The number of urea groups is 1. The zero-order valence-corrected chi connectivity index (χ0v) is 15.3. The number of rotatable bonds is 5. The van der Waals surface area contributed by atoms with Gasteiger partial charge in [-0.2, -0.15) is 0 Å². The summed E-state index contributed by atoms with van der Waals surface area (Å²) >= 11 is 0. The van der Waals surface area contributed by atoms with E-state index in [9.17, 15) is 14.4 Å². The van der Waals surface area contributed by atoms with Gasteiger partial charge in [0.2, 0.25) is 0 Å². The maximum atomic E-state index is 13.0. The van der Waals surface area contributed by atoms with E-state index < -0.39 is 17.8 Å². The van der Waals surface area contributed by atoms with Crippen LogP contribution >= 0.6 is 0 Å². The van der Waals surface area contributed by atoms with Crippen molar-refractivity contribution >= 4 is 29.6 Å². The molecule has 6 nitrogen and oxygen atoms in total. The normalized spacial score (nSPS) is 15.4. The average Bonchev–Trinajstić information content (AvgIpc) is 2.70. The Balaban J connectivity index is 1.94. The van der Waals surface area contributed by atoms with Crippen molar-refractivity contribution in [2.45, 2.75) is 13.3 Å². The lowest BCUT2D eigenvalue weighted by Crippen LogP contribution is -2.54. The number of carbonyl (C=O) groups is 3. The average molecular weight is 374 g/mol. The zero-order valence-electron chi connectivity index (χ0n) is 15.3. The number of aryl methyl sites for hydroxylation is 1. The number of imide groups is 2. The highest BCUT2D eigenvalue weighted by Crippen LogP contribution is 2.26. The maximum Gasteiger partial charge on any atom is 0.335 e. The lowest BCUT2D eigenvalue weighted by molar-refractivity contribution is -0.122. The van der Waals surface area contributed by atoms with Crippen LogP contribution in [-0.2, 0) is 16.0 Å². The minimum atomic E-state index is -0.758. The molecule has 3 rings (SSSR count). The fourth-order valence-electron chi connectivity index (χ4n) is 2.86. The molecule has 0 bridgehead atoms. The summed E-state index contributed by atoms with van der Waals surface area (Å²) in [5.74, 6) is 1.56. The second kappa shape index (κ2) is 8.23. The van der Waals surface area contributed by atoms with Crippen LogP contribution in [0.4, 0.5) is 10.5 Å². The van der Waals surface area contributed by atoms with Crippen molar-refractivity contribution in [1.29, 1.82) is 0 Å². The van der Waals surface area contributed by atoms with E-state index in [0.29, 0.717) is 23.4 Å². The molecular weight excluding hydrogens is 356 g/mol. The van der Waals surface area contributed by atoms with Crippen molar-refractivity contribution in [3.05, 3.63) is 65.2 Å². The van der Waals surface area contributed by atoms with Crippen molar-refractivity contribution in [3.8, 4) is 18.1 Å². The van der Waals surface area contributed by atoms with Gasteiger partial charge in [-0.3, -0.25) is 14.9 Å². The molecule has 4 amide bonds. The Morgan fingerprint density at radius 1 is 1.11 bits per heavy atom.